The number of hydrogen-bond donors (Lipinski definition) is 1. The fraction of sp³-hybridized carbons (Fsp3) is 0.294. The summed E-state index contributed by atoms with van der Waals surface area (Å²) >= 11 is 0. The highest BCUT2D eigenvalue weighted by molar-refractivity contribution is 5.95. The number of aromatic nitrogens is 1. The molecule has 1 aliphatic heterocycles. The molecular formula is C17H18N2O2. The zero-order valence-corrected chi connectivity index (χ0v) is 12.2. The number of carbonyl (C=O) groups is 1. The quantitative estimate of drug-likeness (QED) is 0.915. The van der Waals surface area contributed by atoms with Crippen molar-refractivity contribution >= 4 is 17.3 Å². The van der Waals surface area contributed by atoms with Crippen molar-refractivity contribution in [3.05, 3.63) is 53.3 Å². The number of benzene rings is 1. The summed E-state index contributed by atoms with van der Waals surface area (Å²) in [4.78, 5) is 17.8. The summed E-state index contributed by atoms with van der Waals surface area (Å²) < 4.78 is 0. The van der Waals surface area contributed by atoms with E-state index in [1.807, 2.05) is 25.1 Å². The minimum absolute atomic E-state index is 0.254. The van der Waals surface area contributed by atoms with Crippen LogP contribution in [-0.2, 0) is 6.42 Å². The van der Waals surface area contributed by atoms with Crippen molar-refractivity contribution in [3.63, 3.8) is 0 Å². The zero-order valence-electron chi connectivity index (χ0n) is 12.2. The first-order chi connectivity index (χ1) is 10.1. The van der Waals surface area contributed by atoms with Crippen molar-refractivity contribution in [1.29, 1.82) is 0 Å². The van der Waals surface area contributed by atoms with Crippen molar-refractivity contribution in [2.24, 2.45) is 0 Å². The SMILES string of the molecule is Cc1cc(N2c3ccccc3CCC2C)c(C(=O)O)cn1. The van der Waals surface area contributed by atoms with Crippen molar-refractivity contribution in [2.45, 2.75) is 32.7 Å². The highest BCUT2D eigenvalue weighted by Crippen LogP contribution is 2.38. The third kappa shape index (κ3) is 2.37. The second-order valence-corrected chi connectivity index (χ2v) is 5.53. The third-order valence-corrected chi connectivity index (χ3v) is 4.03. The van der Waals surface area contributed by atoms with Gasteiger partial charge in [-0.1, -0.05) is 18.2 Å². The van der Waals surface area contributed by atoms with Crippen LogP contribution in [0.1, 0.15) is 35.0 Å². The van der Waals surface area contributed by atoms with E-state index in [-0.39, 0.29) is 11.6 Å². The molecule has 0 bridgehead atoms. The molecule has 0 spiro atoms. The molecule has 2 heterocycles. The number of aryl methyl sites for hydroxylation is 2. The number of carboxylic acid groups (broad SMARTS) is 1. The molecule has 1 aromatic heterocycles. The van der Waals surface area contributed by atoms with Crippen LogP contribution < -0.4 is 4.90 Å². The van der Waals surface area contributed by atoms with Crippen LogP contribution in [0.25, 0.3) is 0 Å². The van der Waals surface area contributed by atoms with Gasteiger partial charge in [0.25, 0.3) is 0 Å². The van der Waals surface area contributed by atoms with Gasteiger partial charge in [-0.25, -0.2) is 4.79 Å². The maximum absolute atomic E-state index is 11.5. The molecular weight excluding hydrogens is 264 g/mol. The van der Waals surface area contributed by atoms with Crippen molar-refractivity contribution in [3.8, 4) is 0 Å². The molecule has 1 atom stereocenters. The lowest BCUT2D eigenvalue weighted by molar-refractivity contribution is 0.0697. The van der Waals surface area contributed by atoms with Gasteiger partial charge < -0.3 is 10.0 Å². The Morgan fingerprint density at radius 1 is 1.33 bits per heavy atom. The van der Waals surface area contributed by atoms with Crippen LogP contribution in [0.4, 0.5) is 11.4 Å². The summed E-state index contributed by atoms with van der Waals surface area (Å²) in [7, 11) is 0. The Morgan fingerprint density at radius 2 is 2.10 bits per heavy atom. The average Bonchev–Trinajstić information content (AvgIpc) is 2.46. The Hall–Kier alpha value is -2.36. The normalized spacial score (nSPS) is 17.4. The minimum atomic E-state index is -0.937. The molecule has 0 fully saturated rings. The fourth-order valence-electron chi connectivity index (χ4n) is 2.96. The lowest BCUT2D eigenvalue weighted by Gasteiger charge is -2.37. The first kappa shape index (κ1) is 13.6. The van der Waals surface area contributed by atoms with Gasteiger partial charge in [0.15, 0.2) is 0 Å². The Labute approximate surface area is 124 Å². The van der Waals surface area contributed by atoms with Gasteiger partial charge >= 0.3 is 5.97 Å². The first-order valence-electron chi connectivity index (χ1n) is 7.15. The molecule has 1 aromatic carbocycles. The molecule has 1 unspecified atom stereocenters. The Bertz CT molecular complexity index is 697. The number of carboxylic acids is 1. The zero-order chi connectivity index (χ0) is 15.0. The van der Waals surface area contributed by atoms with Gasteiger partial charge in [0.2, 0.25) is 0 Å². The summed E-state index contributed by atoms with van der Waals surface area (Å²) in [5, 5.41) is 9.45. The molecule has 0 radical (unpaired) electrons. The molecule has 4 nitrogen and oxygen atoms in total. The second-order valence-electron chi connectivity index (χ2n) is 5.53. The monoisotopic (exact) mass is 282 g/mol. The van der Waals surface area contributed by atoms with Gasteiger partial charge in [-0.3, -0.25) is 4.98 Å². The molecule has 0 saturated carbocycles. The van der Waals surface area contributed by atoms with Gasteiger partial charge in [-0.05, 0) is 44.4 Å². The highest BCUT2D eigenvalue weighted by Gasteiger charge is 2.27. The van der Waals surface area contributed by atoms with E-state index in [1.54, 1.807) is 0 Å². The van der Waals surface area contributed by atoms with Crippen LogP contribution in [0, 0.1) is 6.92 Å². The molecule has 3 rings (SSSR count). The summed E-state index contributed by atoms with van der Waals surface area (Å²) in [6, 6.07) is 10.3. The Balaban J connectivity index is 2.20. The maximum atomic E-state index is 11.5. The number of rotatable bonds is 2. The number of anilines is 2. The number of hydrogen-bond acceptors (Lipinski definition) is 3. The van der Waals surface area contributed by atoms with Gasteiger partial charge in [-0.2, -0.15) is 0 Å². The van der Waals surface area contributed by atoms with Gasteiger partial charge in [0, 0.05) is 23.6 Å². The molecule has 0 saturated heterocycles. The number of aromatic carboxylic acids is 1. The van der Waals surface area contributed by atoms with Crippen molar-refractivity contribution in [2.75, 3.05) is 4.90 Å². The van der Waals surface area contributed by atoms with E-state index < -0.39 is 5.97 Å². The van der Waals surface area contributed by atoms with Crippen molar-refractivity contribution < 1.29 is 9.90 Å². The van der Waals surface area contributed by atoms with E-state index in [9.17, 15) is 9.90 Å². The number of nitrogens with zero attached hydrogens (tertiary/aromatic N) is 2. The standard InChI is InChI=1S/C17H18N2O2/c1-11-9-16(14(10-18-11)17(20)21)19-12(2)7-8-13-5-3-4-6-15(13)19/h3-6,9-10,12H,7-8H2,1-2H3,(H,20,21). The van der Waals surface area contributed by atoms with Crippen LogP contribution in [0.3, 0.4) is 0 Å². The Morgan fingerprint density at radius 3 is 2.86 bits per heavy atom. The van der Waals surface area contributed by atoms with Crippen LogP contribution in [0.15, 0.2) is 36.5 Å². The lowest BCUT2D eigenvalue weighted by Crippen LogP contribution is -2.34. The summed E-state index contributed by atoms with van der Waals surface area (Å²) in [6.45, 7) is 4.02. The predicted molar refractivity (Wildman–Crippen MR) is 82.3 cm³/mol. The Kier molecular flexibility index (Phi) is 3.37. The number of para-hydroxylation sites is 1. The smallest absolute Gasteiger partial charge is 0.339 e. The maximum Gasteiger partial charge on any atom is 0.339 e. The van der Waals surface area contributed by atoms with Gasteiger partial charge in [0.1, 0.15) is 5.56 Å². The van der Waals surface area contributed by atoms with E-state index in [4.69, 9.17) is 0 Å². The molecule has 0 amide bonds. The molecule has 0 aliphatic carbocycles. The van der Waals surface area contributed by atoms with E-state index in [0.717, 1.165) is 29.9 Å². The van der Waals surface area contributed by atoms with Crippen molar-refractivity contribution in [1.82, 2.24) is 4.98 Å². The minimum Gasteiger partial charge on any atom is -0.478 e. The van der Waals surface area contributed by atoms with E-state index in [1.165, 1.54) is 11.8 Å². The van der Waals surface area contributed by atoms with Crippen LogP contribution >= 0.6 is 0 Å². The number of pyridine rings is 1. The number of fused-ring (bicyclic) bond motifs is 1. The molecule has 4 heteroatoms. The predicted octanol–water partition coefficient (Wildman–Crippen LogP) is 3.56. The summed E-state index contributed by atoms with van der Waals surface area (Å²) in [6.07, 6.45) is 3.49. The van der Waals surface area contributed by atoms with E-state index >= 15 is 0 Å². The molecule has 21 heavy (non-hydrogen) atoms. The highest BCUT2D eigenvalue weighted by atomic mass is 16.4. The van der Waals surface area contributed by atoms with Gasteiger partial charge in [0.05, 0.1) is 5.69 Å². The molecule has 108 valence electrons. The van der Waals surface area contributed by atoms with E-state index in [0.29, 0.717) is 0 Å². The summed E-state index contributed by atoms with van der Waals surface area (Å²) in [5.41, 5.74) is 4.18. The first-order valence-corrected chi connectivity index (χ1v) is 7.15. The second kappa shape index (κ2) is 5.20. The average molecular weight is 282 g/mol. The fourth-order valence-corrected chi connectivity index (χ4v) is 2.96. The molecule has 2 aromatic rings. The molecule has 1 aliphatic rings. The van der Waals surface area contributed by atoms with Crippen LogP contribution in [0.5, 0.6) is 0 Å². The van der Waals surface area contributed by atoms with E-state index in [2.05, 4.69) is 28.9 Å². The van der Waals surface area contributed by atoms with Crippen LogP contribution in [-0.4, -0.2) is 22.1 Å². The van der Waals surface area contributed by atoms with Crippen LogP contribution in [0.2, 0.25) is 0 Å². The topological polar surface area (TPSA) is 53.4 Å². The molecule has 1 N–H and O–H groups in total. The van der Waals surface area contributed by atoms with Gasteiger partial charge in [-0.15, -0.1) is 0 Å². The lowest BCUT2D eigenvalue weighted by atomic mass is 9.95. The largest absolute Gasteiger partial charge is 0.478 e. The third-order valence-electron chi connectivity index (χ3n) is 4.03. The summed E-state index contributed by atoms with van der Waals surface area (Å²) in [5.74, 6) is -0.937.